The van der Waals surface area contributed by atoms with E-state index in [1.807, 2.05) is 0 Å². The van der Waals surface area contributed by atoms with E-state index < -0.39 is 39.2 Å². The van der Waals surface area contributed by atoms with Gasteiger partial charge in [0, 0.05) is 30.4 Å². The van der Waals surface area contributed by atoms with Crippen molar-refractivity contribution in [3.8, 4) is 5.75 Å². The maximum atomic E-state index is 13.4. The van der Waals surface area contributed by atoms with E-state index in [-0.39, 0.29) is 32.8 Å². The number of sulfonamides is 1. The summed E-state index contributed by atoms with van der Waals surface area (Å²) in [4.78, 5) is 26.0. The zero-order chi connectivity index (χ0) is 28.1. The topological polar surface area (TPSA) is 123 Å². The maximum absolute atomic E-state index is 13.4. The predicted molar refractivity (Wildman–Crippen MR) is 143 cm³/mol. The van der Waals surface area contributed by atoms with E-state index in [9.17, 15) is 22.4 Å². The summed E-state index contributed by atoms with van der Waals surface area (Å²) in [6.45, 7) is 6.23. The standard InChI is InChI=1S/C26H33ClFN3O6S/c1-26(2,3)31-38(34,35)23-14-19(27)20(15-22(23)36-4)29-25(33)21(13-16-9-11-37-12-10-16)30-24(32)17-5-7-18(28)8-6-17/h5-8,14-16,21,31H,9-13H2,1-4H3,(H,29,33)(H,30,32)/t21-/m0/s1. The van der Waals surface area contributed by atoms with Crippen molar-refractivity contribution < 1.29 is 31.9 Å². The molecule has 12 heteroatoms. The molecule has 1 fully saturated rings. The first-order valence-electron chi connectivity index (χ1n) is 12.2. The van der Waals surface area contributed by atoms with Crippen LogP contribution in [-0.4, -0.2) is 52.1 Å². The largest absolute Gasteiger partial charge is 0.495 e. The van der Waals surface area contributed by atoms with E-state index in [0.717, 1.165) is 12.8 Å². The van der Waals surface area contributed by atoms with Gasteiger partial charge in [-0.1, -0.05) is 11.6 Å². The number of methoxy groups -OCH3 is 1. The SMILES string of the molecule is COc1cc(NC(=O)[C@H](CC2CCOCC2)NC(=O)c2ccc(F)cc2)c(Cl)cc1S(=O)(=O)NC(C)(C)C. The number of anilines is 1. The van der Waals surface area contributed by atoms with Crippen LogP contribution in [0.25, 0.3) is 0 Å². The van der Waals surface area contributed by atoms with Gasteiger partial charge in [-0.15, -0.1) is 0 Å². The number of hydrogen-bond donors (Lipinski definition) is 3. The molecule has 38 heavy (non-hydrogen) atoms. The number of halogens is 2. The smallest absolute Gasteiger partial charge is 0.251 e. The number of amides is 2. The number of ether oxygens (including phenoxy) is 2. The van der Waals surface area contributed by atoms with E-state index in [2.05, 4.69) is 15.4 Å². The van der Waals surface area contributed by atoms with Crippen LogP contribution in [0.1, 0.15) is 50.4 Å². The molecule has 1 aliphatic heterocycles. The second-order valence-electron chi connectivity index (χ2n) is 10.2. The van der Waals surface area contributed by atoms with Crippen LogP contribution >= 0.6 is 11.6 Å². The minimum atomic E-state index is -3.98. The van der Waals surface area contributed by atoms with Crippen LogP contribution in [0.5, 0.6) is 5.75 Å². The predicted octanol–water partition coefficient (Wildman–Crippen LogP) is 4.12. The summed E-state index contributed by atoms with van der Waals surface area (Å²) in [5.41, 5.74) is -0.420. The van der Waals surface area contributed by atoms with E-state index in [4.69, 9.17) is 21.1 Å². The Bertz CT molecular complexity index is 1260. The van der Waals surface area contributed by atoms with Crippen molar-refractivity contribution in [2.45, 2.75) is 56.5 Å². The van der Waals surface area contributed by atoms with Crippen LogP contribution in [0.4, 0.5) is 10.1 Å². The van der Waals surface area contributed by atoms with Crippen LogP contribution < -0.4 is 20.1 Å². The van der Waals surface area contributed by atoms with Crippen LogP contribution in [0.2, 0.25) is 5.02 Å². The lowest BCUT2D eigenvalue weighted by atomic mass is 9.92. The third-order valence-corrected chi connectivity index (χ3v) is 7.97. The molecule has 3 N–H and O–H groups in total. The molecule has 9 nitrogen and oxygen atoms in total. The summed E-state index contributed by atoms with van der Waals surface area (Å²) < 4.78 is 52.3. The summed E-state index contributed by atoms with van der Waals surface area (Å²) >= 11 is 6.39. The van der Waals surface area contributed by atoms with Gasteiger partial charge in [0.1, 0.15) is 22.5 Å². The van der Waals surface area contributed by atoms with E-state index >= 15 is 0 Å². The van der Waals surface area contributed by atoms with Crippen LogP contribution in [-0.2, 0) is 19.6 Å². The lowest BCUT2D eigenvalue weighted by Crippen LogP contribution is -2.45. The van der Waals surface area contributed by atoms with Crippen molar-refractivity contribution >= 4 is 39.1 Å². The lowest BCUT2D eigenvalue weighted by Gasteiger charge is -2.27. The van der Waals surface area contributed by atoms with Gasteiger partial charge in [-0.3, -0.25) is 9.59 Å². The van der Waals surface area contributed by atoms with Crippen molar-refractivity contribution in [2.75, 3.05) is 25.6 Å². The lowest BCUT2D eigenvalue weighted by molar-refractivity contribution is -0.118. The molecular weight excluding hydrogens is 537 g/mol. The highest BCUT2D eigenvalue weighted by molar-refractivity contribution is 7.89. The summed E-state index contributed by atoms with van der Waals surface area (Å²) in [7, 11) is -2.67. The monoisotopic (exact) mass is 569 g/mol. The van der Waals surface area contributed by atoms with Gasteiger partial charge in [-0.2, -0.15) is 0 Å². The molecule has 208 valence electrons. The average molecular weight is 570 g/mol. The number of carbonyl (C=O) groups excluding carboxylic acids is 2. The van der Waals surface area contributed by atoms with E-state index in [1.54, 1.807) is 20.8 Å². The molecule has 0 spiro atoms. The summed E-state index contributed by atoms with van der Waals surface area (Å²) in [6.07, 6.45) is 1.81. The quantitative estimate of drug-likeness (QED) is 0.417. The fourth-order valence-electron chi connectivity index (χ4n) is 4.07. The molecule has 0 bridgehead atoms. The Morgan fingerprint density at radius 3 is 2.37 bits per heavy atom. The summed E-state index contributed by atoms with van der Waals surface area (Å²) in [5.74, 6) is -1.44. The number of rotatable bonds is 9. The van der Waals surface area contributed by atoms with Crippen LogP contribution in [0.3, 0.4) is 0 Å². The number of nitrogens with one attached hydrogen (secondary N) is 3. The Balaban J connectivity index is 1.86. The van der Waals surface area contributed by atoms with Crippen molar-refractivity contribution in [2.24, 2.45) is 5.92 Å². The second kappa shape index (κ2) is 12.4. The second-order valence-corrected chi connectivity index (χ2v) is 12.2. The summed E-state index contributed by atoms with van der Waals surface area (Å²) in [6, 6.07) is 6.58. The molecular formula is C26H33ClFN3O6S. The molecule has 0 aromatic heterocycles. The Morgan fingerprint density at radius 1 is 1.16 bits per heavy atom. The molecule has 1 heterocycles. The third-order valence-electron chi connectivity index (χ3n) is 5.88. The minimum Gasteiger partial charge on any atom is -0.495 e. The first-order chi connectivity index (χ1) is 17.8. The molecule has 0 aliphatic carbocycles. The van der Waals surface area contributed by atoms with Gasteiger partial charge in [0.2, 0.25) is 15.9 Å². The molecule has 1 saturated heterocycles. The molecule has 1 atom stereocenters. The van der Waals surface area contributed by atoms with Gasteiger partial charge in [0.25, 0.3) is 5.91 Å². The normalized spacial score (nSPS) is 15.5. The highest BCUT2D eigenvalue weighted by Crippen LogP contribution is 2.34. The van der Waals surface area contributed by atoms with Crippen molar-refractivity contribution in [3.05, 3.63) is 52.8 Å². The Labute approximate surface area is 227 Å². The Hall–Kier alpha value is -2.73. The van der Waals surface area contributed by atoms with Gasteiger partial charge < -0.3 is 20.1 Å². The van der Waals surface area contributed by atoms with E-state index in [0.29, 0.717) is 19.6 Å². The van der Waals surface area contributed by atoms with Gasteiger partial charge in [0.05, 0.1) is 17.8 Å². The van der Waals surface area contributed by atoms with Gasteiger partial charge in [0.15, 0.2) is 0 Å². The molecule has 2 aromatic rings. The van der Waals surface area contributed by atoms with Gasteiger partial charge >= 0.3 is 0 Å². The first-order valence-corrected chi connectivity index (χ1v) is 14.0. The van der Waals surface area contributed by atoms with E-state index in [1.165, 1.54) is 43.5 Å². The zero-order valence-corrected chi connectivity index (χ0v) is 23.3. The van der Waals surface area contributed by atoms with Crippen molar-refractivity contribution in [3.63, 3.8) is 0 Å². The maximum Gasteiger partial charge on any atom is 0.251 e. The molecule has 0 radical (unpaired) electrons. The first kappa shape index (κ1) is 29.8. The van der Waals surface area contributed by atoms with Crippen molar-refractivity contribution in [1.82, 2.24) is 10.0 Å². The molecule has 3 rings (SSSR count). The highest BCUT2D eigenvalue weighted by atomic mass is 35.5. The molecule has 0 saturated carbocycles. The average Bonchev–Trinajstić information content (AvgIpc) is 2.84. The molecule has 0 unspecified atom stereocenters. The zero-order valence-electron chi connectivity index (χ0n) is 21.8. The van der Waals surface area contributed by atoms with Gasteiger partial charge in [-0.05, 0) is 76.3 Å². The van der Waals surface area contributed by atoms with Crippen LogP contribution in [0, 0.1) is 11.7 Å². The number of hydrogen-bond acceptors (Lipinski definition) is 6. The molecule has 2 amide bonds. The third kappa shape index (κ3) is 8.13. The molecule has 2 aromatic carbocycles. The number of benzene rings is 2. The molecule has 1 aliphatic rings. The number of carbonyl (C=O) groups is 2. The fourth-order valence-corrected chi connectivity index (χ4v) is 5.94. The minimum absolute atomic E-state index is 0.0159. The van der Waals surface area contributed by atoms with Gasteiger partial charge in [-0.25, -0.2) is 17.5 Å². The fraction of sp³-hybridized carbons (Fsp3) is 0.462. The van der Waals surface area contributed by atoms with Crippen molar-refractivity contribution in [1.29, 1.82) is 0 Å². The Morgan fingerprint density at radius 2 is 1.79 bits per heavy atom. The Kier molecular flexibility index (Phi) is 9.74. The van der Waals surface area contributed by atoms with Crippen LogP contribution in [0.15, 0.2) is 41.3 Å². The highest BCUT2D eigenvalue weighted by Gasteiger charge is 2.29. The summed E-state index contributed by atoms with van der Waals surface area (Å²) in [5, 5.41) is 5.41.